The van der Waals surface area contributed by atoms with E-state index in [1.807, 2.05) is 23.6 Å². The minimum absolute atomic E-state index is 0.154. The molecule has 0 fully saturated rings. The Morgan fingerprint density at radius 3 is 2.91 bits per heavy atom. The molecule has 0 radical (unpaired) electrons. The van der Waals surface area contributed by atoms with Crippen molar-refractivity contribution in [2.45, 2.75) is 6.54 Å². The van der Waals surface area contributed by atoms with Crippen LogP contribution >= 0.6 is 11.3 Å². The Balaban J connectivity index is 1.64. The molecular formula is C17H15N3O2S. The maximum Gasteiger partial charge on any atom is 0.251 e. The fourth-order valence-corrected chi connectivity index (χ4v) is 2.77. The largest absolute Gasteiger partial charge is 0.497 e. The molecule has 23 heavy (non-hydrogen) atoms. The minimum Gasteiger partial charge on any atom is -0.497 e. The van der Waals surface area contributed by atoms with Crippen molar-refractivity contribution in [2.24, 2.45) is 0 Å². The monoisotopic (exact) mass is 325 g/mol. The number of ether oxygens (including phenoxy) is 1. The van der Waals surface area contributed by atoms with Crippen LogP contribution in [0.25, 0.3) is 11.4 Å². The molecule has 0 bridgehead atoms. The van der Waals surface area contributed by atoms with Crippen LogP contribution in [0, 0.1) is 0 Å². The van der Waals surface area contributed by atoms with E-state index in [1.54, 1.807) is 37.6 Å². The molecule has 0 saturated carbocycles. The molecule has 1 amide bonds. The number of amides is 1. The van der Waals surface area contributed by atoms with Crippen molar-refractivity contribution in [3.63, 3.8) is 0 Å². The molecule has 0 aliphatic carbocycles. The van der Waals surface area contributed by atoms with Crippen molar-refractivity contribution in [2.75, 3.05) is 7.11 Å². The normalized spacial score (nSPS) is 10.3. The van der Waals surface area contributed by atoms with E-state index < -0.39 is 0 Å². The van der Waals surface area contributed by atoms with Gasteiger partial charge in [0, 0.05) is 17.1 Å². The summed E-state index contributed by atoms with van der Waals surface area (Å²) in [5, 5.41) is 5.64. The number of methoxy groups -OCH3 is 1. The summed E-state index contributed by atoms with van der Waals surface area (Å²) in [6, 6.07) is 12.7. The molecule has 3 rings (SSSR count). The van der Waals surface area contributed by atoms with Crippen LogP contribution in [0.4, 0.5) is 0 Å². The van der Waals surface area contributed by atoms with Gasteiger partial charge in [-0.2, -0.15) is 0 Å². The molecular weight excluding hydrogens is 310 g/mol. The van der Waals surface area contributed by atoms with Gasteiger partial charge in [-0.05, 0) is 30.3 Å². The first-order chi connectivity index (χ1) is 11.3. The summed E-state index contributed by atoms with van der Waals surface area (Å²) in [5.41, 5.74) is 2.21. The SMILES string of the molecule is COc1cccc(C(=O)NCc2nc(-c3ccccn3)cs2)c1. The second-order valence-electron chi connectivity index (χ2n) is 4.76. The summed E-state index contributed by atoms with van der Waals surface area (Å²) in [6.45, 7) is 0.382. The van der Waals surface area contributed by atoms with Crippen LogP contribution in [0.5, 0.6) is 5.75 Å². The van der Waals surface area contributed by atoms with Gasteiger partial charge in [-0.15, -0.1) is 11.3 Å². The number of thiazole rings is 1. The quantitative estimate of drug-likeness (QED) is 0.783. The molecule has 0 aliphatic rings. The number of nitrogens with zero attached hydrogens (tertiary/aromatic N) is 2. The number of nitrogens with one attached hydrogen (secondary N) is 1. The predicted molar refractivity (Wildman–Crippen MR) is 89.5 cm³/mol. The number of carbonyl (C=O) groups excluding carboxylic acids is 1. The van der Waals surface area contributed by atoms with Crippen molar-refractivity contribution in [1.82, 2.24) is 15.3 Å². The first kappa shape index (κ1) is 15.2. The molecule has 0 aliphatic heterocycles. The van der Waals surface area contributed by atoms with Gasteiger partial charge >= 0.3 is 0 Å². The summed E-state index contributed by atoms with van der Waals surface area (Å²) < 4.78 is 5.12. The lowest BCUT2D eigenvalue weighted by molar-refractivity contribution is 0.0950. The highest BCUT2D eigenvalue weighted by atomic mass is 32.1. The Bertz CT molecular complexity index is 802. The highest BCUT2D eigenvalue weighted by Gasteiger charge is 2.09. The zero-order valence-corrected chi connectivity index (χ0v) is 13.3. The molecule has 1 aromatic carbocycles. The molecule has 2 aromatic heterocycles. The fourth-order valence-electron chi connectivity index (χ4n) is 2.05. The number of rotatable bonds is 5. The number of hydrogen-bond acceptors (Lipinski definition) is 5. The second kappa shape index (κ2) is 7.02. The maximum atomic E-state index is 12.2. The van der Waals surface area contributed by atoms with Crippen LogP contribution in [0.3, 0.4) is 0 Å². The van der Waals surface area contributed by atoms with Gasteiger partial charge in [0.1, 0.15) is 10.8 Å². The van der Waals surface area contributed by atoms with E-state index in [1.165, 1.54) is 11.3 Å². The Labute approximate surface area is 138 Å². The smallest absolute Gasteiger partial charge is 0.251 e. The van der Waals surface area contributed by atoms with Crippen molar-refractivity contribution < 1.29 is 9.53 Å². The van der Waals surface area contributed by atoms with Crippen molar-refractivity contribution in [3.8, 4) is 17.1 Å². The summed E-state index contributed by atoms with van der Waals surface area (Å²) in [7, 11) is 1.58. The molecule has 3 aromatic rings. The van der Waals surface area contributed by atoms with Gasteiger partial charge in [0.2, 0.25) is 0 Å². The van der Waals surface area contributed by atoms with Gasteiger partial charge in [0.25, 0.3) is 5.91 Å². The predicted octanol–water partition coefficient (Wildman–Crippen LogP) is 3.14. The first-order valence-corrected chi connectivity index (χ1v) is 7.92. The fraction of sp³-hybridized carbons (Fsp3) is 0.118. The van der Waals surface area contributed by atoms with E-state index in [0.29, 0.717) is 17.9 Å². The molecule has 0 saturated heterocycles. The highest BCUT2D eigenvalue weighted by Crippen LogP contribution is 2.19. The van der Waals surface area contributed by atoms with Gasteiger partial charge in [-0.1, -0.05) is 12.1 Å². The van der Waals surface area contributed by atoms with Gasteiger partial charge in [0.15, 0.2) is 0 Å². The van der Waals surface area contributed by atoms with Crippen LogP contribution < -0.4 is 10.1 Å². The van der Waals surface area contributed by atoms with Crippen molar-refractivity contribution in [3.05, 3.63) is 64.6 Å². The van der Waals surface area contributed by atoms with Crippen LogP contribution in [0.1, 0.15) is 15.4 Å². The molecule has 1 N–H and O–H groups in total. The molecule has 2 heterocycles. The van der Waals surface area contributed by atoms with Crippen LogP contribution in [0.15, 0.2) is 54.0 Å². The average Bonchev–Trinajstić information content (AvgIpc) is 3.09. The Kier molecular flexibility index (Phi) is 4.63. The van der Waals surface area contributed by atoms with E-state index in [2.05, 4.69) is 15.3 Å². The molecule has 0 spiro atoms. The number of pyridine rings is 1. The van der Waals surface area contributed by atoms with Gasteiger partial charge < -0.3 is 10.1 Å². The lowest BCUT2D eigenvalue weighted by Crippen LogP contribution is -2.22. The van der Waals surface area contributed by atoms with E-state index in [0.717, 1.165) is 16.4 Å². The number of aromatic nitrogens is 2. The lowest BCUT2D eigenvalue weighted by atomic mass is 10.2. The van der Waals surface area contributed by atoms with Crippen LogP contribution in [-0.4, -0.2) is 23.0 Å². The van der Waals surface area contributed by atoms with E-state index in [9.17, 15) is 4.79 Å². The van der Waals surface area contributed by atoms with Crippen molar-refractivity contribution in [1.29, 1.82) is 0 Å². The van der Waals surface area contributed by atoms with Crippen molar-refractivity contribution >= 4 is 17.2 Å². The van der Waals surface area contributed by atoms with Gasteiger partial charge in [-0.25, -0.2) is 4.98 Å². The Morgan fingerprint density at radius 1 is 1.22 bits per heavy atom. The Hall–Kier alpha value is -2.73. The molecule has 0 atom stereocenters. The molecule has 5 nitrogen and oxygen atoms in total. The summed E-state index contributed by atoms with van der Waals surface area (Å²) in [4.78, 5) is 20.9. The van der Waals surface area contributed by atoms with Gasteiger partial charge in [-0.3, -0.25) is 9.78 Å². The van der Waals surface area contributed by atoms with Crippen LogP contribution in [0.2, 0.25) is 0 Å². The van der Waals surface area contributed by atoms with E-state index in [4.69, 9.17) is 4.74 Å². The number of hydrogen-bond donors (Lipinski definition) is 1. The molecule has 6 heteroatoms. The zero-order valence-electron chi connectivity index (χ0n) is 12.5. The average molecular weight is 325 g/mol. The third-order valence-electron chi connectivity index (χ3n) is 3.21. The lowest BCUT2D eigenvalue weighted by Gasteiger charge is -2.05. The maximum absolute atomic E-state index is 12.2. The minimum atomic E-state index is -0.154. The molecule has 0 unspecified atom stereocenters. The third-order valence-corrected chi connectivity index (χ3v) is 4.06. The Morgan fingerprint density at radius 2 is 2.13 bits per heavy atom. The summed E-state index contributed by atoms with van der Waals surface area (Å²) in [6.07, 6.45) is 1.74. The van der Waals surface area contributed by atoms with E-state index in [-0.39, 0.29) is 5.91 Å². The third kappa shape index (κ3) is 3.73. The van der Waals surface area contributed by atoms with Crippen LogP contribution in [-0.2, 0) is 6.54 Å². The first-order valence-electron chi connectivity index (χ1n) is 7.04. The topological polar surface area (TPSA) is 64.1 Å². The standard InChI is InChI=1S/C17H15N3O2S/c1-22-13-6-4-5-12(9-13)17(21)19-10-16-20-15(11-23-16)14-7-2-3-8-18-14/h2-9,11H,10H2,1H3,(H,19,21). The number of benzene rings is 1. The molecule has 116 valence electrons. The zero-order chi connectivity index (χ0) is 16.1. The van der Waals surface area contributed by atoms with E-state index >= 15 is 0 Å². The highest BCUT2D eigenvalue weighted by molar-refractivity contribution is 7.09. The second-order valence-corrected chi connectivity index (χ2v) is 5.70. The summed E-state index contributed by atoms with van der Waals surface area (Å²) in [5.74, 6) is 0.503. The summed E-state index contributed by atoms with van der Waals surface area (Å²) >= 11 is 1.50. The number of carbonyl (C=O) groups is 1. The van der Waals surface area contributed by atoms with Gasteiger partial charge in [0.05, 0.1) is 25.0 Å².